The summed E-state index contributed by atoms with van der Waals surface area (Å²) >= 11 is 3.29. The highest BCUT2D eigenvalue weighted by atomic mass is 79.9. The van der Waals surface area contributed by atoms with Crippen LogP contribution in [-0.2, 0) is 22.4 Å². The Morgan fingerprint density at radius 2 is 1.73 bits per heavy atom. The van der Waals surface area contributed by atoms with Gasteiger partial charge >= 0.3 is 5.97 Å². The van der Waals surface area contributed by atoms with Gasteiger partial charge in [0.25, 0.3) is 0 Å². The standard InChI is InChI=1S/C11H11BrO3/c1-7(13)2-8-3-9(6-11(14)15)5-10(12)4-8/h3-5H,2,6H2,1H3,(H,14,15). The molecule has 1 rings (SSSR count). The molecule has 0 aliphatic heterocycles. The number of aliphatic carboxylic acids is 1. The minimum atomic E-state index is -0.873. The van der Waals surface area contributed by atoms with Crippen molar-refractivity contribution in [2.24, 2.45) is 0 Å². The van der Waals surface area contributed by atoms with Gasteiger partial charge in [-0.1, -0.05) is 22.0 Å². The topological polar surface area (TPSA) is 54.4 Å². The third-order valence-electron chi connectivity index (χ3n) is 1.83. The Bertz CT molecular complexity index is 365. The average Bonchev–Trinajstić information content (AvgIpc) is 1.98. The van der Waals surface area contributed by atoms with E-state index in [1.54, 1.807) is 12.1 Å². The number of ketones is 1. The first kappa shape index (κ1) is 11.9. The Hall–Kier alpha value is -1.16. The van der Waals surface area contributed by atoms with Crippen molar-refractivity contribution in [3.8, 4) is 0 Å². The van der Waals surface area contributed by atoms with Crippen LogP contribution in [0.2, 0.25) is 0 Å². The molecule has 0 radical (unpaired) electrons. The zero-order valence-electron chi connectivity index (χ0n) is 8.29. The summed E-state index contributed by atoms with van der Waals surface area (Å²) in [6, 6.07) is 5.32. The molecule has 1 aromatic rings. The molecule has 3 nitrogen and oxygen atoms in total. The van der Waals surface area contributed by atoms with E-state index in [0.717, 1.165) is 10.0 Å². The number of hydrogen-bond acceptors (Lipinski definition) is 2. The number of carbonyl (C=O) groups excluding carboxylic acids is 1. The number of carboxylic acids is 1. The minimum Gasteiger partial charge on any atom is -0.481 e. The van der Waals surface area contributed by atoms with E-state index >= 15 is 0 Å². The Balaban J connectivity index is 2.94. The highest BCUT2D eigenvalue weighted by molar-refractivity contribution is 9.10. The second-order valence-electron chi connectivity index (χ2n) is 3.42. The largest absolute Gasteiger partial charge is 0.481 e. The van der Waals surface area contributed by atoms with Crippen LogP contribution in [0.3, 0.4) is 0 Å². The molecule has 0 spiro atoms. The van der Waals surface area contributed by atoms with Crippen molar-refractivity contribution >= 4 is 27.7 Å². The predicted molar refractivity (Wildman–Crippen MR) is 59.9 cm³/mol. The van der Waals surface area contributed by atoms with Crippen molar-refractivity contribution in [1.29, 1.82) is 0 Å². The van der Waals surface area contributed by atoms with Crippen molar-refractivity contribution in [3.63, 3.8) is 0 Å². The molecule has 1 aromatic carbocycles. The van der Waals surface area contributed by atoms with E-state index in [1.165, 1.54) is 6.92 Å². The van der Waals surface area contributed by atoms with E-state index in [4.69, 9.17) is 5.11 Å². The fraction of sp³-hybridized carbons (Fsp3) is 0.273. The predicted octanol–water partition coefficient (Wildman–Crippen LogP) is 2.21. The summed E-state index contributed by atoms with van der Waals surface area (Å²) in [5.41, 5.74) is 1.54. The van der Waals surface area contributed by atoms with Gasteiger partial charge in [-0.15, -0.1) is 0 Å². The van der Waals surface area contributed by atoms with Crippen molar-refractivity contribution < 1.29 is 14.7 Å². The fourth-order valence-electron chi connectivity index (χ4n) is 1.38. The molecule has 0 saturated carbocycles. The number of halogens is 1. The maximum Gasteiger partial charge on any atom is 0.307 e. The fourth-order valence-corrected chi connectivity index (χ4v) is 1.97. The van der Waals surface area contributed by atoms with Gasteiger partial charge in [-0.2, -0.15) is 0 Å². The smallest absolute Gasteiger partial charge is 0.307 e. The van der Waals surface area contributed by atoms with Crippen LogP contribution in [0.4, 0.5) is 0 Å². The summed E-state index contributed by atoms with van der Waals surface area (Å²) in [4.78, 5) is 21.5. The van der Waals surface area contributed by atoms with Gasteiger partial charge in [-0.05, 0) is 30.2 Å². The third-order valence-corrected chi connectivity index (χ3v) is 2.28. The van der Waals surface area contributed by atoms with Crippen molar-refractivity contribution in [1.82, 2.24) is 0 Å². The van der Waals surface area contributed by atoms with Crippen molar-refractivity contribution in [2.75, 3.05) is 0 Å². The van der Waals surface area contributed by atoms with Gasteiger partial charge in [0.2, 0.25) is 0 Å². The normalized spacial score (nSPS) is 10.0. The van der Waals surface area contributed by atoms with Gasteiger partial charge in [0, 0.05) is 10.9 Å². The van der Waals surface area contributed by atoms with Crippen LogP contribution >= 0.6 is 15.9 Å². The second-order valence-corrected chi connectivity index (χ2v) is 4.33. The maximum atomic E-state index is 10.9. The summed E-state index contributed by atoms with van der Waals surface area (Å²) in [6.45, 7) is 1.51. The van der Waals surface area contributed by atoms with Gasteiger partial charge in [-0.3, -0.25) is 9.59 Å². The third kappa shape index (κ3) is 4.25. The van der Waals surface area contributed by atoms with E-state index in [-0.39, 0.29) is 12.2 Å². The minimum absolute atomic E-state index is 0.0235. The molecule has 0 amide bonds. The van der Waals surface area contributed by atoms with Gasteiger partial charge < -0.3 is 5.11 Å². The molecule has 0 aromatic heterocycles. The molecular weight excluding hydrogens is 260 g/mol. The summed E-state index contributed by atoms with van der Waals surface area (Å²) in [5.74, 6) is -0.809. The highest BCUT2D eigenvalue weighted by Gasteiger charge is 2.05. The number of Topliss-reactive ketones (excluding diaryl/α,β-unsaturated/α-hetero) is 1. The van der Waals surface area contributed by atoms with Crippen LogP contribution in [-0.4, -0.2) is 16.9 Å². The second kappa shape index (κ2) is 5.07. The Kier molecular flexibility index (Phi) is 4.03. The quantitative estimate of drug-likeness (QED) is 0.913. The van der Waals surface area contributed by atoms with Crippen LogP contribution in [0, 0.1) is 0 Å². The number of benzene rings is 1. The van der Waals surface area contributed by atoms with Gasteiger partial charge in [0.15, 0.2) is 0 Å². The number of carbonyl (C=O) groups is 2. The van der Waals surface area contributed by atoms with Crippen molar-refractivity contribution in [2.45, 2.75) is 19.8 Å². The molecule has 0 saturated heterocycles. The monoisotopic (exact) mass is 270 g/mol. The van der Waals surface area contributed by atoms with Gasteiger partial charge in [-0.25, -0.2) is 0 Å². The molecule has 0 aliphatic carbocycles. The SMILES string of the molecule is CC(=O)Cc1cc(Br)cc(CC(=O)O)c1. The molecule has 0 fully saturated rings. The van der Waals surface area contributed by atoms with E-state index in [1.807, 2.05) is 6.07 Å². The molecule has 0 heterocycles. The molecule has 4 heteroatoms. The zero-order valence-corrected chi connectivity index (χ0v) is 9.87. The molecule has 0 bridgehead atoms. The lowest BCUT2D eigenvalue weighted by Crippen LogP contribution is -2.02. The zero-order chi connectivity index (χ0) is 11.4. The lowest BCUT2D eigenvalue weighted by Gasteiger charge is -2.03. The summed E-state index contributed by atoms with van der Waals surface area (Å²) in [7, 11) is 0. The summed E-state index contributed by atoms with van der Waals surface area (Å²) in [6.07, 6.45) is 0.316. The molecule has 0 unspecified atom stereocenters. The first-order valence-corrected chi connectivity index (χ1v) is 5.26. The lowest BCUT2D eigenvalue weighted by molar-refractivity contribution is -0.136. The van der Waals surface area contributed by atoms with E-state index in [9.17, 15) is 9.59 Å². The lowest BCUT2D eigenvalue weighted by atomic mass is 10.0. The van der Waals surface area contributed by atoms with Crippen LogP contribution in [0.15, 0.2) is 22.7 Å². The first-order chi connectivity index (χ1) is 6.97. The molecular formula is C11H11BrO3. The summed E-state index contributed by atoms with van der Waals surface area (Å²) in [5, 5.41) is 8.65. The maximum absolute atomic E-state index is 10.9. The van der Waals surface area contributed by atoms with Crippen LogP contribution in [0.5, 0.6) is 0 Å². The van der Waals surface area contributed by atoms with Crippen LogP contribution < -0.4 is 0 Å². The Morgan fingerprint density at radius 1 is 1.20 bits per heavy atom. The molecule has 15 heavy (non-hydrogen) atoms. The van der Waals surface area contributed by atoms with Crippen LogP contribution in [0.1, 0.15) is 18.1 Å². The number of hydrogen-bond donors (Lipinski definition) is 1. The van der Waals surface area contributed by atoms with E-state index in [0.29, 0.717) is 12.0 Å². The molecule has 80 valence electrons. The Labute approximate surface area is 96.2 Å². The Morgan fingerprint density at radius 3 is 2.20 bits per heavy atom. The number of rotatable bonds is 4. The van der Waals surface area contributed by atoms with Crippen molar-refractivity contribution in [3.05, 3.63) is 33.8 Å². The molecule has 0 atom stereocenters. The molecule has 1 N–H and O–H groups in total. The van der Waals surface area contributed by atoms with E-state index < -0.39 is 5.97 Å². The molecule has 0 aliphatic rings. The highest BCUT2D eigenvalue weighted by Crippen LogP contribution is 2.17. The van der Waals surface area contributed by atoms with Crippen LogP contribution in [0.25, 0.3) is 0 Å². The first-order valence-electron chi connectivity index (χ1n) is 4.47. The number of carboxylic acid groups (broad SMARTS) is 1. The average molecular weight is 271 g/mol. The van der Waals surface area contributed by atoms with Gasteiger partial charge in [0.1, 0.15) is 5.78 Å². The summed E-state index contributed by atoms with van der Waals surface area (Å²) < 4.78 is 0.803. The van der Waals surface area contributed by atoms with Gasteiger partial charge in [0.05, 0.1) is 6.42 Å². The van der Waals surface area contributed by atoms with E-state index in [2.05, 4.69) is 15.9 Å².